The van der Waals surface area contributed by atoms with Crippen molar-refractivity contribution >= 4 is 40.6 Å². The molecule has 0 unspecified atom stereocenters. The van der Waals surface area contributed by atoms with Crippen molar-refractivity contribution in [2.45, 2.75) is 32.4 Å². The van der Waals surface area contributed by atoms with Crippen LogP contribution in [0.5, 0.6) is 0 Å². The number of anilines is 3. The van der Waals surface area contributed by atoms with Gasteiger partial charge in [-0.2, -0.15) is 0 Å². The number of hydrogen-bond acceptors (Lipinski definition) is 7. The summed E-state index contributed by atoms with van der Waals surface area (Å²) in [6, 6.07) is 17.8. The van der Waals surface area contributed by atoms with Gasteiger partial charge < -0.3 is 19.9 Å². The number of aromatic nitrogens is 1. The highest BCUT2D eigenvalue weighted by Crippen LogP contribution is 2.30. The Labute approximate surface area is 238 Å². The van der Waals surface area contributed by atoms with Crippen LogP contribution in [0, 0.1) is 0 Å². The van der Waals surface area contributed by atoms with Gasteiger partial charge in [0.15, 0.2) is 0 Å². The molecule has 0 spiro atoms. The van der Waals surface area contributed by atoms with E-state index in [1.807, 2.05) is 37.3 Å². The zero-order valence-corrected chi connectivity index (χ0v) is 23.2. The summed E-state index contributed by atoms with van der Waals surface area (Å²) in [6.45, 7) is 6.24. The Kier molecular flexibility index (Phi) is 8.11. The first-order valence-electron chi connectivity index (χ1n) is 13.7. The lowest BCUT2D eigenvalue weighted by atomic mass is 9.93. The van der Waals surface area contributed by atoms with E-state index in [2.05, 4.69) is 15.2 Å². The quantitative estimate of drug-likeness (QED) is 0.403. The molecule has 10 heteroatoms. The SMILES string of the molecule is CC[C@@](C)(C(=O)Nc1ccc(N2CCOCC2)cc1)N(Cc1cccnc1)C(=O)CN1C(=O)C(=O)c2ccccc21. The van der Waals surface area contributed by atoms with E-state index in [0.717, 1.165) is 24.3 Å². The number of ketones is 1. The van der Waals surface area contributed by atoms with Crippen LogP contribution in [0.1, 0.15) is 36.2 Å². The topological polar surface area (TPSA) is 112 Å². The predicted octanol–water partition coefficient (Wildman–Crippen LogP) is 3.28. The second-order valence-electron chi connectivity index (χ2n) is 10.3. The monoisotopic (exact) mass is 555 g/mol. The number of benzene rings is 2. The van der Waals surface area contributed by atoms with Gasteiger partial charge in [0.05, 0.1) is 24.5 Å². The van der Waals surface area contributed by atoms with E-state index in [1.165, 1.54) is 9.80 Å². The molecule has 2 aromatic carbocycles. The third kappa shape index (κ3) is 5.69. The molecule has 0 bridgehead atoms. The molecule has 3 amide bonds. The van der Waals surface area contributed by atoms with E-state index in [4.69, 9.17) is 4.74 Å². The van der Waals surface area contributed by atoms with Crippen molar-refractivity contribution in [2.24, 2.45) is 0 Å². The number of carbonyl (C=O) groups is 4. The third-order valence-electron chi connectivity index (χ3n) is 7.81. The van der Waals surface area contributed by atoms with E-state index >= 15 is 0 Å². The van der Waals surface area contributed by atoms with Gasteiger partial charge in [-0.3, -0.25) is 29.1 Å². The average Bonchev–Trinajstić information content (AvgIpc) is 3.25. The minimum absolute atomic E-state index is 0.0953. The molecule has 0 saturated carbocycles. The molecule has 0 radical (unpaired) electrons. The molecule has 2 aliphatic heterocycles. The largest absolute Gasteiger partial charge is 0.378 e. The molecular weight excluding hydrogens is 522 g/mol. The maximum atomic E-state index is 14.0. The molecule has 1 fully saturated rings. The van der Waals surface area contributed by atoms with Crippen molar-refractivity contribution < 1.29 is 23.9 Å². The number of morpholine rings is 1. The number of rotatable bonds is 9. The Hall–Kier alpha value is -4.57. The summed E-state index contributed by atoms with van der Waals surface area (Å²) in [5.41, 5.74) is 1.76. The molecular formula is C31H33N5O5. The number of carbonyl (C=O) groups excluding carboxylic acids is 4. The summed E-state index contributed by atoms with van der Waals surface area (Å²) in [4.78, 5) is 62.2. The fraction of sp³-hybridized carbons (Fsp3) is 0.323. The van der Waals surface area contributed by atoms with Crippen LogP contribution < -0.4 is 15.1 Å². The first-order valence-corrected chi connectivity index (χ1v) is 13.7. The van der Waals surface area contributed by atoms with Gasteiger partial charge in [-0.1, -0.05) is 25.1 Å². The lowest BCUT2D eigenvalue weighted by Crippen LogP contribution is -2.58. The standard InChI is InChI=1S/C31H33N5O5/c1-3-31(2,30(40)33-23-10-12-24(13-11-23)34-15-17-41-18-16-34)36(20-22-7-6-14-32-19-22)27(37)21-35-26-9-5-4-8-25(26)28(38)29(35)39/h4-14,19H,3,15-18,20-21H2,1-2H3,(H,33,40)/t31-/m0/s1. The molecule has 212 valence electrons. The highest BCUT2D eigenvalue weighted by atomic mass is 16.5. The summed E-state index contributed by atoms with van der Waals surface area (Å²) in [5, 5.41) is 2.98. The van der Waals surface area contributed by atoms with Gasteiger partial charge in [-0.05, 0) is 61.4 Å². The van der Waals surface area contributed by atoms with E-state index in [0.29, 0.717) is 31.0 Å². The van der Waals surface area contributed by atoms with E-state index in [-0.39, 0.29) is 24.6 Å². The van der Waals surface area contributed by atoms with Crippen LogP contribution in [0.2, 0.25) is 0 Å². The van der Waals surface area contributed by atoms with Crippen LogP contribution in [0.15, 0.2) is 73.1 Å². The van der Waals surface area contributed by atoms with Gasteiger partial charge in [-0.25, -0.2) is 0 Å². The van der Waals surface area contributed by atoms with Crippen LogP contribution in [0.3, 0.4) is 0 Å². The number of hydrogen-bond donors (Lipinski definition) is 1. The maximum Gasteiger partial charge on any atom is 0.299 e. The summed E-state index contributed by atoms with van der Waals surface area (Å²) in [7, 11) is 0. The molecule has 10 nitrogen and oxygen atoms in total. The number of Topliss-reactive ketones (excluding diaryl/α,β-unsaturated/α-hetero) is 1. The Morgan fingerprint density at radius 3 is 2.44 bits per heavy atom. The molecule has 1 saturated heterocycles. The van der Waals surface area contributed by atoms with Gasteiger partial charge >= 0.3 is 0 Å². The van der Waals surface area contributed by atoms with E-state index in [1.54, 1.807) is 49.6 Å². The minimum Gasteiger partial charge on any atom is -0.378 e. The van der Waals surface area contributed by atoms with Gasteiger partial charge in [0.25, 0.3) is 11.7 Å². The smallest absolute Gasteiger partial charge is 0.299 e. The molecule has 3 aromatic rings. The van der Waals surface area contributed by atoms with E-state index in [9.17, 15) is 19.2 Å². The summed E-state index contributed by atoms with van der Waals surface area (Å²) in [6.07, 6.45) is 3.58. The minimum atomic E-state index is -1.28. The van der Waals surface area contributed by atoms with Crippen molar-refractivity contribution in [3.63, 3.8) is 0 Å². The van der Waals surface area contributed by atoms with Crippen LogP contribution in [-0.2, 0) is 25.7 Å². The Bertz CT molecular complexity index is 1440. The van der Waals surface area contributed by atoms with Gasteiger partial charge in [0, 0.05) is 43.4 Å². The summed E-state index contributed by atoms with van der Waals surface area (Å²) >= 11 is 0. The molecule has 3 heterocycles. The van der Waals surface area contributed by atoms with Crippen molar-refractivity contribution in [2.75, 3.05) is 48.0 Å². The number of nitrogens with one attached hydrogen (secondary N) is 1. The second-order valence-corrected chi connectivity index (χ2v) is 10.3. The molecule has 5 rings (SSSR count). The normalized spacial score (nSPS) is 16.2. The van der Waals surface area contributed by atoms with E-state index < -0.39 is 23.1 Å². The molecule has 1 aromatic heterocycles. The third-order valence-corrected chi connectivity index (χ3v) is 7.81. The van der Waals surface area contributed by atoms with Crippen molar-refractivity contribution in [3.05, 3.63) is 84.2 Å². The second kappa shape index (κ2) is 11.9. The first-order chi connectivity index (χ1) is 19.8. The fourth-order valence-corrected chi connectivity index (χ4v) is 5.15. The molecule has 1 N–H and O–H groups in total. The number of pyridine rings is 1. The van der Waals surface area contributed by atoms with Crippen LogP contribution in [0.4, 0.5) is 17.1 Å². The highest BCUT2D eigenvalue weighted by molar-refractivity contribution is 6.52. The lowest BCUT2D eigenvalue weighted by molar-refractivity contribution is -0.145. The van der Waals surface area contributed by atoms with Crippen LogP contribution >= 0.6 is 0 Å². The zero-order chi connectivity index (χ0) is 29.0. The maximum absolute atomic E-state index is 14.0. The Morgan fingerprint density at radius 1 is 1.02 bits per heavy atom. The highest BCUT2D eigenvalue weighted by Gasteiger charge is 2.43. The van der Waals surface area contributed by atoms with Gasteiger partial charge in [-0.15, -0.1) is 0 Å². The van der Waals surface area contributed by atoms with Gasteiger partial charge in [0.2, 0.25) is 11.8 Å². The number of ether oxygens (including phenoxy) is 1. The van der Waals surface area contributed by atoms with Gasteiger partial charge in [0.1, 0.15) is 12.1 Å². The molecule has 1 atom stereocenters. The average molecular weight is 556 g/mol. The predicted molar refractivity (Wildman–Crippen MR) is 155 cm³/mol. The summed E-state index contributed by atoms with van der Waals surface area (Å²) in [5.74, 6) is -2.23. The number of fused-ring (bicyclic) bond motifs is 1. The van der Waals surface area contributed by atoms with Crippen LogP contribution in [-0.4, -0.2) is 71.8 Å². The van der Waals surface area contributed by atoms with Crippen molar-refractivity contribution in [3.8, 4) is 0 Å². The number of amides is 3. The first kappa shape index (κ1) is 28.0. The fourth-order valence-electron chi connectivity index (χ4n) is 5.15. The van der Waals surface area contributed by atoms with Crippen LogP contribution in [0.25, 0.3) is 0 Å². The Morgan fingerprint density at radius 2 is 1.76 bits per heavy atom. The van der Waals surface area contributed by atoms with Crippen molar-refractivity contribution in [1.29, 1.82) is 0 Å². The molecule has 2 aliphatic rings. The Balaban J connectivity index is 1.39. The number of para-hydroxylation sites is 1. The molecule has 0 aliphatic carbocycles. The lowest BCUT2D eigenvalue weighted by Gasteiger charge is -2.40. The molecule has 41 heavy (non-hydrogen) atoms. The zero-order valence-electron chi connectivity index (χ0n) is 23.2. The summed E-state index contributed by atoms with van der Waals surface area (Å²) < 4.78 is 5.43. The number of nitrogens with zero attached hydrogens (tertiary/aromatic N) is 4. The van der Waals surface area contributed by atoms with Crippen molar-refractivity contribution in [1.82, 2.24) is 9.88 Å².